The van der Waals surface area contributed by atoms with Gasteiger partial charge in [-0.3, -0.25) is 4.79 Å². The molecule has 0 aliphatic heterocycles. The van der Waals surface area contributed by atoms with E-state index in [2.05, 4.69) is 35.8 Å². The zero-order valence-corrected chi connectivity index (χ0v) is 16.5. The Labute approximate surface area is 179 Å². The minimum absolute atomic E-state index is 0.00424. The lowest BCUT2D eigenvalue weighted by Gasteiger charge is -2.05. The maximum Gasteiger partial charge on any atom is 0.294 e. The molecule has 0 unspecified atom stereocenters. The van der Waals surface area contributed by atoms with Gasteiger partial charge in [0.05, 0.1) is 16.3 Å². The summed E-state index contributed by atoms with van der Waals surface area (Å²) in [4.78, 5) is 12.8. The van der Waals surface area contributed by atoms with Crippen LogP contribution in [0, 0.1) is 0 Å². The van der Waals surface area contributed by atoms with E-state index in [1.165, 1.54) is 10.9 Å². The van der Waals surface area contributed by atoms with Crippen LogP contribution in [-0.2, 0) is 0 Å². The molecule has 0 aliphatic rings. The molecule has 30 heavy (non-hydrogen) atoms. The predicted molar refractivity (Wildman–Crippen MR) is 111 cm³/mol. The van der Waals surface area contributed by atoms with E-state index in [0.717, 1.165) is 0 Å². The molecule has 10 nitrogen and oxygen atoms in total. The van der Waals surface area contributed by atoms with Crippen molar-refractivity contribution in [2.45, 2.75) is 0 Å². The smallest absolute Gasteiger partial charge is 0.294 e. The highest BCUT2D eigenvalue weighted by Crippen LogP contribution is 2.26. The lowest BCUT2D eigenvalue weighted by molar-refractivity contribution is 0.0950. The van der Waals surface area contributed by atoms with Crippen LogP contribution in [0.5, 0.6) is 0 Å². The summed E-state index contributed by atoms with van der Waals surface area (Å²) >= 11 is 12.2. The monoisotopic (exact) mass is 442 g/mol. The summed E-state index contributed by atoms with van der Waals surface area (Å²) in [6.07, 6.45) is 1.34. The molecule has 2 aromatic heterocycles. The summed E-state index contributed by atoms with van der Waals surface area (Å²) < 4.78 is 5.90. The lowest BCUT2D eigenvalue weighted by atomic mass is 10.1. The summed E-state index contributed by atoms with van der Waals surface area (Å²) in [5.41, 5.74) is 9.60. The molecule has 0 spiro atoms. The van der Waals surface area contributed by atoms with Gasteiger partial charge in [-0.25, -0.2) is 10.1 Å². The van der Waals surface area contributed by atoms with Crippen LogP contribution in [0.4, 0.5) is 5.82 Å². The quantitative estimate of drug-likeness (QED) is 0.357. The Kier molecular flexibility index (Phi) is 5.42. The number of rotatable bonds is 5. The Morgan fingerprint density at radius 1 is 1.10 bits per heavy atom. The molecule has 1 amide bonds. The summed E-state index contributed by atoms with van der Waals surface area (Å²) in [5.74, 6) is -0.517. The molecule has 0 bridgehead atoms. The van der Waals surface area contributed by atoms with E-state index in [4.69, 9.17) is 28.9 Å². The van der Waals surface area contributed by atoms with Gasteiger partial charge in [-0.1, -0.05) is 64.8 Å². The summed E-state index contributed by atoms with van der Waals surface area (Å²) in [5, 5.41) is 19.9. The normalized spacial score (nSPS) is 11.1. The number of hydrogen-bond acceptors (Lipinski definition) is 8. The molecule has 0 saturated heterocycles. The number of carbonyl (C=O) groups excluding carboxylic acids is 1. The van der Waals surface area contributed by atoms with Gasteiger partial charge in [-0.2, -0.15) is 9.78 Å². The van der Waals surface area contributed by atoms with Crippen LogP contribution in [0.15, 0.2) is 58.3 Å². The third-order valence-corrected chi connectivity index (χ3v) is 4.65. The molecule has 0 radical (unpaired) electrons. The Bertz CT molecular complexity index is 1220. The van der Waals surface area contributed by atoms with Crippen molar-refractivity contribution in [2.75, 3.05) is 5.73 Å². The van der Waals surface area contributed by atoms with E-state index in [9.17, 15) is 4.79 Å². The Morgan fingerprint density at radius 2 is 1.83 bits per heavy atom. The van der Waals surface area contributed by atoms with E-state index >= 15 is 0 Å². The summed E-state index contributed by atoms with van der Waals surface area (Å²) in [7, 11) is 0. The largest absolute Gasteiger partial charge is 0.378 e. The molecule has 150 valence electrons. The van der Waals surface area contributed by atoms with Crippen LogP contribution in [0.3, 0.4) is 0 Å². The van der Waals surface area contributed by atoms with E-state index < -0.39 is 5.91 Å². The van der Waals surface area contributed by atoms with Crippen molar-refractivity contribution in [1.82, 2.24) is 30.7 Å². The number of nitrogens with two attached hydrogens (primary N) is 1. The minimum atomic E-state index is -0.616. The van der Waals surface area contributed by atoms with Gasteiger partial charge in [0.1, 0.15) is 5.69 Å². The van der Waals surface area contributed by atoms with E-state index in [1.54, 1.807) is 42.5 Å². The standard InChI is InChI=1S/C18H12Cl2N8O2/c19-12-7-4-8-13(20)11(12)9-22-24-18(29)14-15(10-5-2-1-3-6-10)28(27-23-14)17-16(21)25-30-26-17/h1-9H,(H2,21,25)(H,24,29)/b22-9-. The van der Waals surface area contributed by atoms with Gasteiger partial charge >= 0.3 is 0 Å². The average molecular weight is 443 g/mol. The number of nitrogen functional groups attached to an aromatic ring is 1. The molecule has 2 heterocycles. The van der Waals surface area contributed by atoms with Crippen LogP contribution < -0.4 is 11.2 Å². The fourth-order valence-electron chi connectivity index (χ4n) is 2.62. The number of hydrazone groups is 1. The SMILES string of the molecule is Nc1nonc1-n1nnc(C(=O)N/N=C\c2c(Cl)cccc2Cl)c1-c1ccccc1. The number of hydrogen-bond donors (Lipinski definition) is 2. The van der Waals surface area contributed by atoms with Crippen LogP contribution in [-0.4, -0.2) is 37.4 Å². The third-order valence-electron chi connectivity index (χ3n) is 3.99. The van der Waals surface area contributed by atoms with E-state index in [0.29, 0.717) is 26.9 Å². The topological polar surface area (TPSA) is 137 Å². The van der Waals surface area contributed by atoms with Gasteiger partial charge in [0.15, 0.2) is 5.69 Å². The minimum Gasteiger partial charge on any atom is -0.378 e. The number of aromatic nitrogens is 5. The Morgan fingerprint density at radius 3 is 2.50 bits per heavy atom. The number of benzene rings is 2. The van der Waals surface area contributed by atoms with Crippen LogP contribution in [0.2, 0.25) is 10.0 Å². The number of halogens is 2. The highest BCUT2D eigenvalue weighted by molar-refractivity contribution is 6.38. The second-order valence-electron chi connectivity index (χ2n) is 5.87. The number of amides is 1. The molecule has 0 aliphatic carbocycles. The molecule has 0 atom stereocenters. The fourth-order valence-corrected chi connectivity index (χ4v) is 3.11. The number of nitrogens with one attached hydrogen (secondary N) is 1. The first-order valence-corrected chi connectivity index (χ1v) is 9.19. The number of nitrogens with zero attached hydrogens (tertiary/aromatic N) is 6. The maximum atomic E-state index is 12.8. The van der Waals surface area contributed by atoms with Crippen LogP contribution in [0.25, 0.3) is 17.1 Å². The molecular formula is C18H12Cl2N8O2. The van der Waals surface area contributed by atoms with Gasteiger partial charge in [-0.05, 0) is 22.4 Å². The molecule has 3 N–H and O–H groups in total. The highest BCUT2D eigenvalue weighted by Gasteiger charge is 2.25. The fraction of sp³-hybridized carbons (Fsp3) is 0. The Balaban J connectivity index is 1.69. The highest BCUT2D eigenvalue weighted by atomic mass is 35.5. The van der Waals surface area contributed by atoms with Crippen molar-refractivity contribution in [3.63, 3.8) is 0 Å². The molecule has 0 fully saturated rings. The zero-order valence-electron chi connectivity index (χ0n) is 15.0. The molecule has 4 aromatic rings. The Hall–Kier alpha value is -3.76. The molecule has 2 aromatic carbocycles. The number of anilines is 1. The summed E-state index contributed by atoms with van der Waals surface area (Å²) in [6.45, 7) is 0. The van der Waals surface area contributed by atoms with Gasteiger partial charge in [-0.15, -0.1) is 5.10 Å². The van der Waals surface area contributed by atoms with Crippen molar-refractivity contribution in [1.29, 1.82) is 0 Å². The third kappa shape index (κ3) is 3.73. The molecule has 0 saturated carbocycles. The first kappa shape index (κ1) is 19.6. The average Bonchev–Trinajstić information content (AvgIpc) is 3.36. The van der Waals surface area contributed by atoms with Crippen LogP contribution >= 0.6 is 23.2 Å². The van der Waals surface area contributed by atoms with Gasteiger partial charge in [0.25, 0.3) is 5.91 Å². The van der Waals surface area contributed by atoms with Crippen molar-refractivity contribution < 1.29 is 9.42 Å². The molecule has 12 heteroatoms. The number of carbonyl (C=O) groups is 1. The van der Waals surface area contributed by atoms with Gasteiger partial charge < -0.3 is 5.73 Å². The van der Waals surface area contributed by atoms with Crippen molar-refractivity contribution in [3.8, 4) is 17.1 Å². The summed E-state index contributed by atoms with van der Waals surface area (Å²) in [6, 6.07) is 14.0. The first-order valence-electron chi connectivity index (χ1n) is 8.43. The second kappa shape index (κ2) is 8.31. The van der Waals surface area contributed by atoms with Crippen LogP contribution in [0.1, 0.15) is 16.1 Å². The van der Waals surface area contributed by atoms with Gasteiger partial charge in [0.2, 0.25) is 11.6 Å². The maximum absolute atomic E-state index is 12.8. The van der Waals surface area contributed by atoms with E-state index in [-0.39, 0.29) is 17.3 Å². The van der Waals surface area contributed by atoms with E-state index in [1.807, 2.05) is 6.07 Å². The lowest BCUT2D eigenvalue weighted by Crippen LogP contribution is -2.19. The first-order chi connectivity index (χ1) is 14.6. The predicted octanol–water partition coefficient (Wildman–Crippen LogP) is 2.97. The van der Waals surface area contributed by atoms with Gasteiger partial charge in [0, 0.05) is 11.1 Å². The zero-order chi connectivity index (χ0) is 21.1. The molecular weight excluding hydrogens is 431 g/mol. The molecule has 4 rings (SSSR count). The van der Waals surface area contributed by atoms with Crippen molar-refractivity contribution in [3.05, 3.63) is 69.8 Å². The second-order valence-corrected chi connectivity index (χ2v) is 6.69. The van der Waals surface area contributed by atoms with Crippen molar-refractivity contribution >= 4 is 41.1 Å². The van der Waals surface area contributed by atoms with Crippen molar-refractivity contribution in [2.24, 2.45) is 5.10 Å².